The zero-order chi connectivity index (χ0) is 14.9. The molecule has 1 fully saturated rings. The molecule has 1 saturated heterocycles. The Morgan fingerprint density at radius 1 is 1.50 bits per heavy atom. The molecule has 1 unspecified atom stereocenters. The van der Waals surface area contributed by atoms with E-state index in [9.17, 15) is 18.3 Å². The molecular weight excluding hydrogens is 282 g/mol. The van der Waals surface area contributed by atoms with Gasteiger partial charge in [0, 0.05) is 12.0 Å². The number of carbonyl (C=O) groups is 1. The summed E-state index contributed by atoms with van der Waals surface area (Å²) in [6.07, 6.45) is 1.88. The van der Waals surface area contributed by atoms with Gasteiger partial charge < -0.3 is 10.4 Å². The maximum Gasteiger partial charge on any atom is 0.356 e. The fourth-order valence-electron chi connectivity index (χ4n) is 2.07. The maximum atomic E-state index is 11.4. The Labute approximate surface area is 117 Å². The van der Waals surface area contributed by atoms with Crippen molar-refractivity contribution in [1.82, 2.24) is 9.97 Å². The molecule has 8 heteroatoms. The zero-order valence-corrected chi connectivity index (χ0v) is 12.1. The molecule has 1 aliphatic rings. The van der Waals surface area contributed by atoms with Gasteiger partial charge in [-0.3, -0.25) is 0 Å². The van der Waals surface area contributed by atoms with Crippen molar-refractivity contribution < 1.29 is 18.3 Å². The van der Waals surface area contributed by atoms with E-state index in [1.54, 1.807) is 0 Å². The van der Waals surface area contributed by atoms with E-state index in [1.165, 1.54) is 6.20 Å². The molecule has 2 heterocycles. The average molecular weight is 299 g/mol. The van der Waals surface area contributed by atoms with E-state index in [0.29, 0.717) is 12.2 Å². The lowest BCUT2D eigenvalue weighted by Gasteiger charge is -2.15. The van der Waals surface area contributed by atoms with Gasteiger partial charge >= 0.3 is 5.97 Å². The van der Waals surface area contributed by atoms with Gasteiger partial charge in [-0.1, -0.05) is 13.8 Å². The number of nitrogens with one attached hydrogen (secondary N) is 1. The fraction of sp³-hybridized carbons (Fsp3) is 0.583. The van der Waals surface area contributed by atoms with Gasteiger partial charge in [0.25, 0.3) is 0 Å². The molecule has 110 valence electrons. The minimum Gasteiger partial charge on any atom is -0.476 e. The minimum absolute atomic E-state index is 0.0119. The third kappa shape index (κ3) is 3.24. The van der Waals surface area contributed by atoms with Gasteiger partial charge in [-0.05, 0) is 6.42 Å². The number of sulfone groups is 1. The van der Waals surface area contributed by atoms with Crippen LogP contribution in [0.1, 0.15) is 42.5 Å². The van der Waals surface area contributed by atoms with E-state index in [-0.39, 0.29) is 34.8 Å². The molecule has 2 N–H and O–H groups in total. The number of anilines is 1. The van der Waals surface area contributed by atoms with Crippen molar-refractivity contribution in [3.8, 4) is 0 Å². The highest BCUT2D eigenvalue weighted by molar-refractivity contribution is 7.91. The van der Waals surface area contributed by atoms with Crippen LogP contribution < -0.4 is 5.32 Å². The SMILES string of the molecule is CC(C)c1ncc(NC2CCS(=O)(=O)C2)c(C(=O)O)n1. The average Bonchev–Trinajstić information content (AvgIpc) is 2.68. The highest BCUT2D eigenvalue weighted by Gasteiger charge is 2.29. The number of carboxylic acid groups (broad SMARTS) is 1. The van der Waals surface area contributed by atoms with E-state index in [0.717, 1.165) is 0 Å². The van der Waals surface area contributed by atoms with E-state index < -0.39 is 15.8 Å². The zero-order valence-electron chi connectivity index (χ0n) is 11.3. The molecule has 0 saturated carbocycles. The van der Waals surface area contributed by atoms with Crippen LogP contribution in [0, 0.1) is 0 Å². The molecule has 0 amide bonds. The van der Waals surface area contributed by atoms with E-state index in [2.05, 4.69) is 15.3 Å². The predicted molar refractivity (Wildman–Crippen MR) is 73.8 cm³/mol. The van der Waals surface area contributed by atoms with Gasteiger partial charge in [-0.15, -0.1) is 0 Å². The Kier molecular flexibility index (Phi) is 3.94. The number of hydrogen-bond donors (Lipinski definition) is 2. The van der Waals surface area contributed by atoms with Gasteiger partial charge in [-0.25, -0.2) is 23.2 Å². The van der Waals surface area contributed by atoms with E-state index in [1.807, 2.05) is 13.8 Å². The molecule has 1 atom stereocenters. The summed E-state index contributed by atoms with van der Waals surface area (Å²) >= 11 is 0. The third-order valence-corrected chi connectivity index (χ3v) is 4.89. The number of carboxylic acids is 1. The predicted octanol–water partition coefficient (Wildman–Crippen LogP) is 0.897. The molecule has 0 aliphatic carbocycles. The molecule has 2 rings (SSSR count). The molecule has 20 heavy (non-hydrogen) atoms. The second-order valence-electron chi connectivity index (χ2n) is 5.19. The lowest BCUT2D eigenvalue weighted by Crippen LogP contribution is -2.23. The minimum atomic E-state index is -3.02. The number of aromatic nitrogens is 2. The van der Waals surface area contributed by atoms with Crippen LogP contribution >= 0.6 is 0 Å². The monoisotopic (exact) mass is 299 g/mol. The smallest absolute Gasteiger partial charge is 0.356 e. The quantitative estimate of drug-likeness (QED) is 0.849. The van der Waals surface area contributed by atoms with Crippen LogP contribution in [0.3, 0.4) is 0 Å². The summed E-state index contributed by atoms with van der Waals surface area (Å²) in [5, 5.41) is 12.1. The van der Waals surface area contributed by atoms with Crippen molar-refractivity contribution in [2.45, 2.75) is 32.2 Å². The lowest BCUT2D eigenvalue weighted by molar-refractivity contribution is 0.0691. The summed E-state index contributed by atoms with van der Waals surface area (Å²) in [6, 6.07) is -0.286. The van der Waals surface area contributed by atoms with Crippen molar-refractivity contribution in [2.75, 3.05) is 16.8 Å². The van der Waals surface area contributed by atoms with Crippen LogP contribution in [0.25, 0.3) is 0 Å². The topological polar surface area (TPSA) is 109 Å². The first-order valence-corrected chi connectivity index (χ1v) is 8.18. The molecule has 0 spiro atoms. The van der Waals surface area contributed by atoms with Crippen LogP contribution in [0.2, 0.25) is 0 Å². The van der Waals surface area contributed by atoms with Crippen molar-refractivity contribution in [1.29, 1.82) is 0 Å². The molecule has 1 aromatic rings. The van der Waals surface area contributed by atoms with Crippen molar-refractivity contribution in [3.05, 3.63) is 17.7 Å². The first-order valence-electron chi connectivity index (χ1n) is 6.35. The lowest BCUT2D eigenvalue weighted by atomic mass is 10.2. The summed E-state index contributed by atoms with van der Waals surface area (Å²) < 4.78 is 22.8. The van der Waals surface area contributed by atoms with Crippen LogP contribution in [0.4, 0.5) is 5.69 Å². The highest BCUT2D eigenvalue weighted by Crippen LogP contribution is 2.21. The van der Waals surface area contributed by atoms with Crippen LogP contribution in [0.15, 0.2) is 6.20 Å². The van der Waals surface area contributed by atoms with Gasteiger partial charge in [-0.2, -0.15) is 0 Å². The van der Waals surface area contributed by atoms with E-state index >= 15 is 0 Å². The van der Waals surface area contributed by atoms with Gasteiger partial charge in [0.15, 0.2) is 15.5 Å². The third-order valence-electron chi connectivity index (χ3n) is 3.12. The van der Waals surface area contributed by atoms with Crippen molar-refractivity contribution in [3.63, 3.8) is 0 Å². The number of hydrogen-bond acceptors (Lipinski definition) is 6. The molecule has 0 aromatic carbocycles. The standard InChI is InChI=1S/C12H17N3O4S/c1-7(2)11-13-5-9(10(15-11)12(16)17)14-8-3-4-20(18,19)6-8/h5,7-8,14H,3-4,6H2,1-2H3,(H,16,17). The number of nitrogens with zero attached hydrogens (tertiary/aromatic N) is 2. The van der Waals surface area contributed by atoms with Crippen LogP contribution in [-0.2, 0) is 9.84 Å². The summed E-state index contributed by atoms with van der Waals surface area (Å²) in [7, 11) is -3.02. The molecular formula is C12H17N3O4S. The van der Waals surface area contributed by atoms with E-state index in [4.69, 9.17) is 0 Å². The molecule has 7 nitrogen and oxygen atoms in total. The Morgan fingerprint density at radius 2 is 2.20 bits per heavy atom. The normalized spacial score (nSPS) is 21.1. The molecule has 0 radical (unpaired) electrons. The Morgan fingerprint density at radius 3 is 2.70 bits per heavy atom. The number of rotatable bonds is 4. The van der Waals surface area contributed by atoms with Gasteiger partial charge in [0.2, 0.25) is 0 Å². The largest absolute Gasteiger partial charge is 0.476 e. The first-order chi connectivity index (χ1) is 9.28. The van der Waals surface area contributed by atoms with Crippen molar-refractivity contribution >= 4 is 21.5 Å². The fourth-order valence-corrected chi connectivity index (χ4v) is 3.74. The van der Waals surface area contributed by atoms with Gasteiger partial charge in [0.05, 0.1) is 23.4 Å². The highest BCUT2D eigenvalue weighted by atomic mass is 32.2. The first kappa shape index (κ1) is 14.7. The molecule has 1 aromatic heterocycles. The Balaban J connectivity index is 2.25. The summed E-state index contributed by atoms with van der Waals surface area (Å²) in [6.45, 7) is 3.75. The second kappa shape index (κ2) is 5.35. The van der Waals surface area contributed by atoms with Crippen molar-refractivity contribution in [2.24, 2.45) is 0 Å². The molecule has 0 bridgehead atoms. The maximum absolute atomic E-state index is 11.4. The number of aromatic carboxylic acids is 1. The van der Waals surface area contributed by atoms with Gasteiger partial charge in [0.1, 0.15) is 5.82 Å². The van der Waals surface area contributed by atoms with Crippen LogP contribution in [0.5, 0.6) is 0 Å². The van der Waals surface area contributed by atoms with Crippen LogP contribution in [-0.4, -0.2) is 47.0 Å². The summed E-state index contributed by atoms with van der Waals surface area (Å²) in [4.78, 5) is 19.4. The Hall–Kier alpha value is -1.70. The summed E-state index contributed by atoms with van der Waals surface area (Å²) in [5.74, 6) is -0.547. The summed E-state index contributed by atoms with van der Waals surface area (Å²) in [5.41, 5.74) is 0.150. The second-order valence-corrected chi connectivity index (χ2v) is 7.42. The Bertz CT molecular complexity index is 628. The molecule has 1 aliphatic heterocycles.